The second-order valence-electron chi connectivity index (χ2n) is 8.95. The third-order valence-corrected chi connectivity index (χ3v) is 7.51. The predicted octanol–water partition coefficient (Wildman–Crippen LogP) is 3.18. The molecule has 0 amide bonds. The molecule has 2 aliphatic heterocycles. The standard InChI is InChI=1S/C20H28F2N6O2S/c1-20(2)7-4-8-28(20)18-16-13(11-15(25-18)17(21)22)12-23-19(26-16)24-14-5-9-27(10-6-14)31(3,29)30/h11-12,14,17H,4-10H2,1-3H3,(H,23,24,26). The van der Waals surface area contributed by atoms with E-state index in [1.165, 1.54) is 16.6 Å². The number of nitrogens with one attached hydrogen (secondary N) is 1. The smallest absolute Gasteiger partial charge is 0.280 e. The number of pyridine rings is 1. The molecule has 1 N–H and O–H groups in total. The summed E-state index contributed by atoms with van der Waals surface area (Å²) in [6.45, 7) is 5.78. The average molecular weight is 455 g/mol. The quantitative estimate of drug-likeness (QED) is 0.742. The van der Waals surface area contributed by atoms with E-state index in [-0.39, 0.29) is 17.3 Å². The van der Waals surface area contributed by atoms with Gasteiger partial charge in [-0.25, -0.2) is 36.5 Å². The van der Waals surface area contributed by atoms with Crippen LogP contribution in [0.2, 0.25) is 0 Å². The average Bonchev–Trinajstić information content (AvgIpc) is 3.05. The number of rotatable bonds is 5. The molecule has 0 aromatic carbocycles. The first-order valence-corrected chi connectivity index (χ1v) is 12.3. The summed E-state index contributed by atoms with van der Waals surface area (Å²) in [5.74, 6) is 0.864. The second kappa shape index (κ2) is 8.09. The molecular formula is C20H28F2N6O2S. The molecule has 4 rings (SSSR count). The molecule has 2 aliphatic rings. The van der Waals surface area contributed by atoms with Gasteiger partial charge in [-0.15, -0.1) is 0 Å². The van der Waals surface area contributed by atoms with Crippen LogP contribution in [0.5, 0.6) is 0 Å². The van der Waals surface area contributed by atoms with E-state index in [1.807, 2.05) is 0 Å². The van der Waals surface area contributed by atoms with Gasteiger partial charge in [-0.1, -0.05) is 0 Å². The van der Waals surface area contributed by atoms with Crippen LogP contribution in [0.25, 0.3) is 10.9 Å². The van der Waals surface area contributed by atoms with Gasteiger partial charge in [0.15, 0.2) is 5.82 Å². The lowest BCUT2D eigenvalue weighted by molar-refractivity contribution is 0.146. The van der Waals surface area contributed by atoms with E-state index in [2.05, 4.69) is 39.0 Å². The zero-order valence-corrected chi connectivity index (χ0v) is 18.8. The van der Waals surface area contributed by atoms with E-state index in [1.54, 1.807) is 6.20 Å². The fraction of sp³-hybridized carbons (Fsp3) is 0.650. The highest BCUT2D eigenvalue weighted by Crippen LogP contribution is 2.37. The molecule has 170 valence electrons. The Labute approximate surface area is 181 Å². The van der Waals surface area contributed by atoms with Crippen molar-refractivity contribution in [2.45, 2.75) is 57.5 Å². The number of piperidine rings is 1. The number of aromatic nitrogens is 3. The minimum atomic E-state index is -3.19. The van der Waals surface area contributed by atoms with Crippen LogP contribution in [0.4, 0.5) is 20.5 Å². The van der Waals surface area contributed by atoms with Crippen LogP contribution in [0.3, 0.4) is 0 Å². The Balaban J connectivity index is 1.64. The lowest BCUT2D eigenvalue weighted by Crippen LogP contribution is -2.42. The topological polar surface area (TPSA) is 91.3 Å². The minimum absolute atomic E-state index is 0.0374. The molecule has 11 heteroatoms. The van der Waals surface area contributed by atoms with Gasteiger partial charge >= 0.3 is 0 Å². The maximum absolute atomic E-state index is 13.5. The molecule has 0 aliphatic carbocycles. The second-order valence-corrected chi connectivity index (χ2v) is 10.9. The van der Waals surface area contributed by atoms with Crippen molar-refractivity contribution in [2.24, 2.45) is 0 Å². The van der Waals surface area contributed by atoms with Crippen molar-refractivity contribution in [3.05, 3.63) is 18.0 Å². The summed E-state index contributed by atoms with van der Waals surface area (Å²) in [5.41, 5.74) is 0.0747. The summed E-state index contributed by atoms with van der Waals surface area (Å²) in [6.07, 6.45) is 3.29. The van der Waals surface area contributed by atoms with Crippen molar-refractivity contribution in [1.82, 2.24) is 19.3 Å². The molecule has 0 saturated carbocycles. The van der Waals surface area contributed by atoms with Crippen molar-refractivity contribution in [2.75, 3.05) is 36.1 Å². The largest absolute Gasteiger partial charge is 0.351 e. The van der Waals surface area contributed by atoms with E-state index in [0.717, 1.165) is 19.4 Å². The maximum atomic E-state index is 13.5. The van der Waals surface area contributed by atoms with E-state index < -0.39 is 16.4 Å². The molecule has 2 aromatic rings. The Morgan fingerprint density at radius 1 is 1.19 bits per heavy atom. The lowest BCUT2D eigenvalue weighted by atomic mass is 10.0. The molecule has 2 fully saturated rings. The maximum Gasteiger partial charge on any atom is 0.280 e. The van der Waals surface area contributed by atoms with Gasteiger partial charge in [0, 0.05) is 42.8 Å². The molecule has 4 heterocycles. The van der Waals surface area contributed by atoms with Crippen molar-refractivity contribution in [3.63, 3.8) is 0 Å². The number of halogens is 2. The first-order chi connectivity index (χ1) is 14.5. The molecule has 0 unspecified atom stereocenters. The Morgan fingerprint density at radius 3 is 2.48 bits per heavy atom. The number of hydrogen-bond acceptors (Lipinski definition) is 7. The first-order valence-electron chi connectivity index (χ1n) is 10.5. The Morgan fingerprint density at radius 2 is 1.90 bits per heavy atom. The first kappa shape index (κ1) is 22.1. The lowest BCUT2D eigenvalue weighted by Gasteiger charge is -2.33. The highest BCUT2D eigenvalue weighted by molar-refractivity contribution is 7.88. The van der Waals surface area contributed by atoms with Crippen LogP contribution in [-0.4, -0.2) is 65.1 Å². The molecule has 2 saturated heterocycles. The highest BCUT2D eigenvalue weighted by Gasteiger charge is 2.35. The molecule has 2 aromatic heterocycles. The molecule has 8 nitrogen and oxygen atoms in total. The molecule has 0 atom stereocenters. The van der Waals surface area contributed by atoms with Crippen molar-refractivity contribution in [3.8, 4) is 0 Å². The Hall–Kier alpha value is -2.14. The normalized spacial score (nSPS) is 20.6. The number of alkyl halides is 2. The summed E-state index contributed by atoms with van der Waals surface area (Å²) in [6, 6.07) is 1.39. The zero-order valence-electron chi connectivity index (χ0n) is 18.0. The van der Waals surface area contributed by atoms with Gasteiger partial charge in [0.1, 0.15) is 11.2 Å². The summed E-state index contributed by atoms with van der Waals surface area (Å²) < 4.78 is 51.8. The highest BCUT2D eigenvalue weighted by atomic mass is 32.2. The fourth-order valence-electron chi connectivity index (χ4n) is 4.43. The summed E-state index contributed by atoms with van der Waals surface area (Å²) >= 11 is 0. The van der Waals surface area contributed by atoms with E-state index in [0.29, 0.717) is 48.6 Å². The SMILES string of the molecule is CC1(C)CCCN1c1nc(C(F)F)cc2cnc(NC3CCN(S(C)(=O)=O)CC3)nc12. The van der Waals surface area contributed by atoms with Gasteiger partial charge in [0.25, 0.3) is 6.43 Å². The molecule has 0 radical (unpaired) electrons. The van der Waals surface area contributed by atoms with Gasteiger partial charge in [0.2, 0.25) is 16.0 Å². The van der Waals surface area contributed by atoms with E-state index in [4.69, 9.17) is 0 Å². The number of sulfonamides is 1. The van der Waals surface area contributed by atoms with Crippen LogP contribution >= 0.6 is 0 Å². The van der Waals surface area contributed by atoms with Crippen LogP contribution in [-0.2, 0) is 10.0 Å². The third-order valence-electron chi connectivity index (χ3n) is 6.20. The number of anilines is 2. The fourth-order valence-corrected chi connectivity index (χ4v) is 5.30. The van der Waals surface area contributed by atoms with Crippen molar-refractivity contribution >= 4 is 32.7 Å². The number of fused-ring (bicyclic) bond motifs is 1. The van der Waals surface area contributed by atoms with Crippen LogP contribution in [0.1, 0.15) is 51.7 Å². The Kier molecular flexibility index (Phi) is 5.76. The summed E-state index contributed by atoms with van der Waals surface area (Å²) in [4.78, 5) is 15.3. The summed E-state index contributed by atoms with van der Waals surface area (Å²) in [5, 5.41) is 3.81. The van der Waals surface area contributed by atoms with E-state index in [9.17, 15) is 17.2 Å². The van der Waals surface area contributed by atoms with Crippen molar-refractivity contribution in [1.29, 1.82) is 0 Å². The number of hydrogen-bond donors (Lipinski definition) is 1. The van der Waals surface area contributed by atoms with Gasteiger partial charge < -0.3 is 10.2 Å². The van der Waals surface area contributed by atoms with Gasteiger partial charge in [-0.05, 0) is 45.6 Å². The van der Waals surface area contributed by atoms with Gasteiger partial charge in [0.05, 0.1) is 6.26 Å². The molecule has 0 spiro atoms. The molecule has 0 bridgehead atoms. The predicted molar refractivity (Wildman–Crippen MR) is 116 cm³/mol. The summed E-state index contributed by atoms with van der Waals surface area (Å²) in [7, 11) is -3.19. The number of nitrogens with zero attached hydrogens (tertiary/aromatic N) is 5. The minimum Gasteiger partial charge on any atom is -0.351 e. The third kappa shape index (κ3) is 4.57. The Bertz CT molecular complexity index is 1070. The van der Waals surface area contributed by atoms with E-state index >= 15 is 0 Å². The van der Waals surface area contributed by atoms with Gasteiger partial charge in [-0.3, -0.25) is 0 Å². The van der Waals surface area contributed by atoms with Crippen molar-refractivity contribution < 1.29 is 17.2 Å². The zero-order chi connectivity index (χ0) is 22.4. The van der Waals surface area contributed by atoms with Crippen LogP contribution in [0.15, 0.2) is 12.3 Å². The molecule has 31 heavy (non-hydrogen) atoms. The molecular weight excluding hydrogens is 426 g/mol. The van der Waals surface area contributed by atoms with Crippen LogP contribution in [0, 0.1) is 0 Å². The van der Waals surface area contributed by atoms with Gasteiger partial charge in [-0.2, -0.15) is 0 Å². The van der Waals surface area contributed by atoms with Crippen LogP contribution < -0.4 is 10.2 Å². The monoisotopic (exact) mass is 454 g/mol.